The number of fused-ring (bicyclic) bond motifs is 2. The first-order valence-corrected chi connectivity index (χ1v) is 11.1. The fourth-order valence-corrected chi connectivity index (χ4v) is 4.09. The van der Waals surface area contributed by atoms with Gasteiger partial charge < -0.3 is 19.9 Å². The van der Waals surface area contributed by atoms with E-state index < -0.39 is 29.7 Å². The third-order valence-corrected chi connectivity index (χ3v) is 5.85. The molecule has 0 atom stereocenters. The molecule has 5 rings (SSSR count). The molecule has 0 spiro atoms. The summed E-state index contributed by atoms with van der Waals surface area (Å²) in [5.41, 5.74) is 0.505. The van der Waals surface area contributed by atoms with Gasteiger partial charge in [0, 0.05) is 12.1 Å². The van der Waals surface area contributed by atoms with Crippen LogP contribution in [0.3, 0.4) is 0 Å². The van der Waals surface area contributed by atoms with Gasteiger partial charge in [-0.25, -0.2) is 4.79 Å². The molecular weight excluding hydrogens is 466 g/mol. The molecule has 1 amide bonds. The minimum atomic E-state index is -1.23. The largest absolute Gasteiger partial charge is 0.480 e. The lowest BCUT2D eigenvalue weighted by Gasteiger charge is -2.14. The molecule has 1 aromatic heterocycles. The highest BCUT2D eigenvalue weighted by molar-refractivity contribution is 5.98. The predicted molar refractivity (Wildman–Crippen MR) is 129 cm³/mol. The Morgan fingerprint density at radius 2 is 1.67 bits per heavy atom. The number of carbonyl (C=O) groups is 2. The maximum absolute atomic E-state index is 13.3. The van der Waals surface area contributed by atoms with Crippen molar-refractivity contribution in [3.8, 4) is 11.5 Å². The Morgan fingerprint density at radius 1 is 0.889 bits per heavy atom. The van der Waals surface area contributed by atoms with Crippen molar-refractivity contribution in [2.45, 2.75) is 19.6 Å². The number of benzene rings is 3. The lowest BCUT2D eigenvalue weighted by atomic mass is 10.1. The van der Waals surface area contributed by atoms with Gasteiger partial charge in [-0.15, -0.1) is 0 Å². The van der Waals surface area contributed by atoms with Gasteiger partial charge in [0.1, 0.15) is 6.54 Å². The zero-order chi connectivity index (χ0) is 25.2. The van der Waals surface area contributed by atoms with E-state index in [1.807, 2.05) is 6.07 Å². The molecule has 10 nitrogen and oxygen atoms in total. The first kappa shape index (κ1) is 22.9. The molecule has 0 aliphatic carbocycles. The van der Waals surface area contributed by atoms with E-state index in [0.717, 1.165) is 14.7 Å². The van der Waals surface area contributed by atoms with Crippen molar-refractivity contribution in [1.82, 2.24) is 14.5 Å². The lowest BCUT2D eigenvalue weighted by Crippen LogP contribution is -2.41. The third-order valence-electron chi connectivity index (χ3n) is 5.85. The Kier molecular flexibility index (Phi) is 5.99. The van der Waals surface area contributed by atoms with Crippen LogP contribution in [0.5, 0.6) is 11.5 Å². The fraction of sp³-hybridized carbons (Fsp3) is 0.154. The van der Waals surface area contributed by atoms with Gasteiger partial charge in [-0.2, -0.15) is 0 Å². The first-order valence-electron chi connectivity index (χ1n) is 11.1. The van der Waals surface area contributed by atoms with Crippen molar-refractivity contribution >= 4 is 22.8 Å². The summed E-state index contributed by atoms with van der Waals surface area (Å²) < 4.78 is 12.6. The number of nitrogens with zero attached hydrogens (tertiary/aromatic N) is 2. The van der Waals surface area contributed by atoms with Crippen molar-refractivity contribution in [3.63, 3.8) is 0 Å². The minimum absolute atomic E-state index is 0.0331. The van der Waals surface area contributed by atoms with Crippen LogP contribution in [0.25, 0.3) is 10.9 Å². The van der Waals surface area contributed by atoms with Crippen LogP contribution in [0.1, 0.15) is 21.5 Å². The summed E-state index contributed by atoms with van der Waals surface area (Å²) in [6.07, 6.45) is 0. The van der Waals surface area contributed by atoms with Gasteiger partial charge in [-0.1, -0.05) is 36.4 Å². The van der Waals surface area contributed by atoms with E-state index in [2.05, 4.69) is 5.32 Å². The Morgan fingerprint density at radius 3 is 2.44 bits per heavy atom. The number of aromatic nitrogens is 2. The molecule has 10 heteroatoms. The van der Waals surface area contributed by atoms with Gasteiger partial charge in [0.2, 0.25) is 6.79 Å². The van der Waals surface area contributed by atoms with Crippen LogP contribution in [0.4, 0.5) is 0 Å². The van der Waals surface area contributed by atoms with Crippen molar-refractivity contribution in [2.24, 2.45) is 0 Å². The van der Waals surface area contributed by atoms with Crippen LogP contribution >= 0.6 is 0 Å². The zero-order valence-electron chi connectivity index (χ0n) is 19.0. The molecule has 0 fully saturated rings. The Hall–Kier alpha value is -4.86. The number of amides is 1. The highest BCUT2D eigenvalue weighted by atomic mass is 16.7. The predicted octanol–water partition coefficient (Wildman–Crippen LogP) is 1.95. The molecule has 36 heavy (non-hydrogen) atoms. The van der Waals surface area contributed by atoms with E-state index in [0.29, 0.717) is 17.1 Å². The van der Waals surface area contributed by atoms with Gasteiger partial charge in [0.05, 0.1) is 17.4 Å². The number of carbonyl (C=O) groups excluding carboxylic acids is 1. The number of hydrogen-bond donors (Lipinski definition) is 2. The van der Waals surface area contributed by atoms with Crippen molar-refractivity contribution < 1.29 is 24.2 Å². The Balaban J connectivity index is 1.49. The number of nitrogens with one attached hydrogen (secondary N) is 1. The Labute approximate surface area is 203 Å². The Bertz CT molecular complexity index is 1610. The van der Waals surface area contributed by atoms with E-state index in [4.69, 9.17) is 9.47 Å². The lowest BCUT2D eigenvalue weighted by molar-refractivity contribution is -0.137. The molecule has 0 saturated heterocycles. The molecule has 0 bridgehead atoms. The molecule has 0 radical (unpaired) electrons. The van der Waals surface area contributed by atoms with E-state index >= 15 is 0 Å². The van der Waals surface area contributed by atoms with Crippen LogP contribution in [0, 0.1) is 0 Å². The number of carboxylic acids is 1. The molecule has 1 aliphatic heterocycles. The average Bonchev–Trinajstić information content (AvgIpc) is 3.36. The molecule has 0 unspecified atom stereocenters. The quantitative estimate of drug-likeness (QED) is 0.408. The fourth-order valence-electron chi connectivity index (χ4n) is 4.09. The third kappa shape index (κ3) is 4.43. The smallest absolute Gasteiger partial charge is 0.332 e. The molecule has 4 aromatic rings. The van der Waals surface area contributed by atoms with Crippen LogP contribution in [-0.4, -0.2) is 32.9 Å². The van der Waals surface area contributed by atoms with Crippen LogP contribution in [0.2, 0.25) is 0 Å². The zero-order valence-corrected chi connectivity index (χ0v) is 19.0. The van der Waals surface area contributed by atoms with Crippen LogP contribution < -0.4 is 26.0 Å². The summed E-state index contributed by atoms with van der Waals surface area (Å²) >= 11 is 0. The number of carboxylic acid groups (broad SMARTS) is 1. The summed E-state index contributed by atoms with van der Waals surface area (Å²) in [6.45, 7) is -0.296. The van der Waals surface area contributed by atoms with Gasteiger partial charge in [-0.3, -0.25) is 23.5 Å². The second-order valence-electron chi connectivity index (χ2n) is 8.24. The van der Waals surface area contributed by atoms with E-state index in [-0.39, 0.29) is 36.3 Å². The molecule has 1 aliphatic rings. The second kappa shape index (κ2) is 9.41. The van der Waals surface area contributed by atoms with Crippen molar-refractivity contribution in [3.05, 3.63) is 104 Å². The van der Waals surface area contributed by atoms with E-state index in [1.165, 1.54) is 18.2 Å². The molecule has 0 saturated carbocycles. The number of hydrogen-bond acceptors (Lipinski definition) is 6. The summed E-state index contributed by atoms with van der Waals surface area (Å²) in [4.78, 5) is 50.7. The van der Waals surface area contributed by atoms with Gasteiger partial charge in [0.25, 0.3) is 11.5 Å². The highest BCUT2D eigenvalue weighted by Gasteiger charge is 2.18. The standard InChI is InChI=1S/C26H21N3O7/c30-23(31)14-28-20-8-7-18(24(32)27-12-17-6-9-21-22(10-17)36-15-35-21)11-19(20)25(33)29(26(28)34)13-16-4-2-1-3-5-16/h1-11H,12-15H2,(H,27,32)(H,30,31). The number of aliphatic carboxylic acids is 1. The minimum Gasteiger partial charge on any atom is -0.480 e. The van der Waals surface area contributed by atoms with Crippen molar-refractivity contribution in [2.75, 3.05) is 6.79 Å². The summed E-state index contributed by atoms with van der Waals surface area (Å²) in [7, 11) is 0. The maximum Gasteiger partial charge on any atom is 0.332 e. The number of rotatable bonds is 7. The first-order chi connectivity index (χ1) is 17.4. The molecule has 3 aromatic carbocycles. The second-order valence-corrected chi connectivity index (χ2v) is 8.24. The normalized spacial score (nSPS) is 12.0. The molecule has 182 valence electrons. The molecular formula is C26H21N3O7. The van der Waals surface area contributed by atoms with Gasteiger partial charge in [-0.05, 0) is 41.5 Å². The SMILES string of the molecule is O=C(O)Cn1c(=O)n(Cc2ccccc2)c(=O)c2cc(C(=O)NCc3ccc4c(c3)OCO4)ccc21. The van der Waals surface area contributed by atoms with Gasteiger partial charge >= 0.3 is 11.7 Å². The topological polar surface area (TPSA) is 129 Å². The van der Waals surface area contributed by atoms with E-state index in [9.17, 15) is 24.3 Å². The summed E-state index contributed by atoms with van der Waals surface area (Å²) in [6, 6.07) is 18.5. The highest BCUT2D eigenvalue weighted by Crippen LogP contribution is 2.32. The summed E-state index contributed by atoms with van der Waals surface area (Å²) in [5.74, 6) is -0.421. The monoisotopic (exact) mass is 487 g/mol. The maximum atomic E-state index is 13.3. The van der Waals surface area contributed by atoms with Crippen LogP contribution in [-0.2, 0) is 24.4 Å². The van der Waals surface area contributed by atoms with Crippen molar-refractivity contribution in [1.29, 1.82) is 0 Å². The van der Waals surface area contributed by atoms with Crippen LogP contribution in [0.15, 0.2) is 76.3 Å². The molecule has 2 N–H and O–H groups in total. The number of ether oxygens (including phenoxy) is 2. The van der Waals surface area contributed by atoms with Gasteiger partial charge in [0.15, 0.2) is 11.5 Å². The average molecular weight is 487 g/mol. The van der Waals surface area contributed by atoms with E-state index in [1.54, 1.807) is 42.5 Å². The molecule has 2 heterocycles. The summed E-state index contributed by atoms with van der Waals surface area (Å²) in [5, 5.41) is 12.2.